The molecule has 3 aromatic rings. The number of hydrogen-bond acceptors (Lipinski definition) is 3. The van der Waals surface area contributed by atoms with Gasteiger partial charge in [-0.25, -0.2) is 0 Å². The van der Waals surface area contributed by atoms with Gasteiger partial charge in [0, 0.05) is 41.3 Å². The molecule has 132 valence electrons. The van der Waals surface area contributed by atoms with Gasteiger partial charge in [-0.2, -0.15) is 4.99 Å². The van der Waals surface area contributed by atoms with Crippen LogP contribution in [0.15, 0.2) is 65.1 Å². The Hall–Kier alpha value is -2.70. The highest BCUT2D eigenvalue weighted by atomic mass is 35.5. The van der Waals surface area contributed by atoms with E-state index in [-0.39, 0.29) is 11.8 Å². The minimum absolute atomic E-state index is 0.123. The van der Waals surface area contributed by atoms with Gasteiger partial charge in [0.1, 0.15) is 0 Å². The van der Waals surface area contributed by atoms with Crippen molar-refractivity contribution in [3.05, 3.63) is 86.6 Å². The molecule has 0 aliphatic heterocycles. The number of hydrogen-bond donors (Lipinski definition) is 1. The third-order valence-corrected chi connectivity index (χ3v) is 4.75. The molecule has 0 aliphatic rings. The number of nitrogens with one attached hydrogen (secondary N) is 1. The Kier molecular flexibility index (Phi) is 5.65. The van der Waals surface area contributed by atoms with E-state index in [1.54, 1.807) is 43.4 Å². The van der Waals surface area contributed by atoms with E-state index < -0.39 is 0 Å². The number of nitrogens with zero attached hydrogens (tertiary/aromatic N) is 2. The summed E-state index contributed by atoms with van der Waals surface area (Å²) in [5, 5.41) is 4.97. The van der Waals surface area contributed by atoms with E-state index in [9.17, 15) is 9.59 Å². The quantitative estimate of drug-likeness (QED) is 0.748. The van der Waals surface area contributed by atoms with Gasteiger partial charge >= 0.3 is 0 Å². The maximum atomic E-state index is 12.3. The first-order valence-corrected chi connectivity index (χ1v) is 9.12. The number of rotatable bonds is 4. The molecule has 0 saturated carbocycles. The van der Waals surface area contributed by atoms with Crippen molar-refractivity contribution in [1.82, 2.24) is 9.88 Å². The first-order valence-electron chi connectivity index (χ1n) is 7.86. The third kappa shape index (κ3) is 4.28. The van der Waals surface area contributed by atoms with E-state index in [0.29, 0.717) is 27.5 Å². The van der Waals surface area contributed by atoms with Gasteiger partial charge in [-0.1, -0.05) is 29.8 Å². The van der Waals surface area contributed by atoms with Gasteiger partial charge in [-0.05, 0) is 35.9 Å². The summed E-state index contributed by atoms with van der Waals surface area (Å²) >= 11 is 7.32. The molecule has 1 N–H and O–H groups in total. The van der Waals surface area contributed by atoms with Crippen LogP contribution in [0.3, 0.4) is 0 Å². The van der Waals surface area contributed by atoms with Crippen LogP contribution in [0.1, 0.15) is 26.3 Å². The molecule has 1 heterocycles. The standard InChI is InChI=1S/C19H16ClN3O2S/c1-21-17(24)14-7-5-13(6-8-14)12-23-9-10-26-19(23)22-18(25)15-3-2-4-16(20)11-15/h2-11H,12H2,1H3,(H,21,24). The van der Waals surface area contributed by atoms with Crippen molar-refractivity contribution < 1.29 is 9.59 Å². The van der Waals surface area contributed by atoms with Crippen LogP contribution >= 0.6 is 22.9 Å². The van der Waals surface area contributed by atoms with Crippen LogP contribution in [0.5, 0.6) is 0 Å². The van der Waals surface area contributed by atoms with Crippen LogP contribution in [0.25, 0.3) is 0 Å². The molecule has 7 heteroatoms. The van der Waals surface area contributed by atoms with Crippen LogP contribution in [-0.2, 0) is 6.54 Å². The van der Waals surface area contributed by atoms with E-state index >= 15 is 0 Å². The molecule has 0 fully saturated rings. The maximum Gasteiger partial charge on any atom is 0.279 e. The molecule has 0 radical (unpaired) electrons. The molecule has 0 saturated heterocycles. The zero-order valence-corrected chi connectivity index (χ0v) is 15.6. The lowest BCUT2D eigenvalue weighted by molar-refractivity contribution is 0.0961. The minimum atomic E-state index is -0.335. The number of halogens is 1. The second kappa shape index (κ2) is 8.12. The van der Waals surface area contributed by atoms with Crippen molar-refractivity contribution in [2.24, 2.45) is 4.99 Å². The molecule has 0 spiro atoms. The number of thiazole rings is 1. The first kappa shape index (κ1) is 18.1. The summed E-state index contributed by atoms with van der Waals surface area (Å²) in [6.45, 7) is 0.555. The van der Waals surface area contributed by atoms with Gasteiger partial charge in [0.05, 0.1) is 0 Å². The Labute approximate surface area is 159 Å². The maximum absolute atomic E-state index is 12.3. The van der Waals surface area contributed by atoms with Crippen LogP contribution in [-0.4, -0.2) is 23.4 Å². The molecule has 0 unspecified atom stereocenters. The van der Waals surface area contributed by atoms with Crippen LogP contribution in [0, 0.1) is 0 Å². The lowest BCUT2D eigenvalue weighted by atomic mass is 10.1. The molecule has 0 aliphatic carbocycles. The van der Waals surface area contributed by atoms with Crippen molar-refractivity contribution >= 4 is 34.8 Å². The van der Waals surface area contributed by atoms with Crippen molar-refractivity contribution in [3.63, 3.8) is 0 Å². The Morgan fingerprint density at radius 2 is 1.92 bits per heavy atom. The Morgan fingerprint density at radius 1 is 1.15 bits per heavy atom. The lowest BCUT2D eigenvalue weighted by Crippen LogP contribution is -2.18. The summed E-state index contributed by atoms with van der Waals surface area (Å²) in [6, 6.07) is 14.0. The molecule has 0 bridgehead atoms. The SMILES string of the molecule is CNC(=O)c1ccc(Cn2ccsc2=NC(=O)c2cccc(Cl)c2)cc1. The van der Waals surface area contributed by atoms with Gasteiger partial charge in [-0.15, -0.1) is 11.3 Å². The molecule has 3 rings (SSSR count). The second-order valence-corrected chi connectivity index (χ2v) is 6.83. The number of carbonyl (C=O) groups excluding carboxylic acids is 2. The highest BCUT2D eigenvalue weighted by Gasteiger charge is 2.07. The van der Waals surface area contributed by atoms with Crippen LogP contribution in [0.2, 0.25) is 5.02 Å². The summed E-state index contributed by atoms with van der Waals surface area (Å²) in [6.07, 6.45) is 1.88. The molecule has 1 aromatic heterocycles. The normalized spacial score (nSPS) is 11.4. The van der Waals surface area contributed by atoms with Gasteiger partial charge in [-0.3, -0.25) is 9.59 Å². The summed E-state index contributed by atoms with van der Waals surface area (Å²) in [4.78, 5) is 28.8. The summed E-state index contributed by atoms with van der Waals surface area (Å²) in [5.74, 6) is -0.457. The fourth-order valence-corrected chi connectivity index (χ4v) is 3.30. The molecule has 0 atom stereocenters. The summed E-state index contributed by atoms with van der Waals surface area (Å²) in [5.41, 5.74) is 2.06. The zero-order chi connectivity index (χ0) is 18.5. The van der Waals surface area contributed by atoms with E-state index in [0.717, 1.165) is 5.56 Å². The molecule has 5 nitrogen and oxygen atoms in total. The lowest BCUT2D eigenvalue weighted by Gasteiger charge is -2.05. The average molecular weight is 386 g/mol. The van der Waals surface area contributed by atoms with Gasteiger partial charge in [0.2, 0.25) is 0 Å². The summed E-state index contributed by atoms with van der Waals surface area (Å²) < 4.78 is 1.89. The van der Waals surface area contributed by atoms with Crippen LogP contribution < -0.4 is 10.1 Å². The highest BCUT2D eigenvalue weighted by Crippen LogP contribution is 2.11. The van der Waals surface area contributed by atoms with E-state index in [1.165, 1.54) is 11.3 Å². The Bertz CT molecular complexity index is 1010. The smallest absolute Gasteiger partial charge is 0.279 e. The van der Waals surface area contributed by atoms with Crippen molar-refractivity contribution in [2.75, 3.05) is 7.05 Å². The Balaban J connectivity index is 1.82. The predicted molar refractivity (Wildman–Crippen MR) is 103 cm³/mol. The van der Waals surface area contributed by atoms with Gasteiger partial charge in [0.15, 0.2) is 4.80 Å². The van der Waals surface area contributed by atoms with Crippen molar-refractivity contribution in [1.29, 1.82) is 0 Å². The fourth-order valence-electron chi connectivity index (χ4n) is 2.38. The van der Waals surface area contributed by atoms with E-state index in [2.05, 4.69) is 10.3 Å². The number of amides is 2. The number of aromatic nitrogens is 1. The first-order chi connectivity index (χ1) is 12.6. The number of carbonyl (C=O) groups is 2. The zero-order valence-electron chi connectivity index (χ0n) is 14.0. The fraction of sp³-hybridized carbons (Fsp3) is 0.105. The third-order valence-electron chi connectivity index (χ3n) is 3.72. The largest absolute Gasteiger partial charge is 0.355 e. The van der Waals surface area contributed by atoms with E-state index in [4.69, 9.17) is 11.6 Å². The monoisotopic (exact) mass is 385 g/mol. The molecule has 26 heavy (non-hydrogen) atoms. The minimum Gasteiger partial charge on any atom is -0.355 e. The predicted octanol–water partition coefficient (Wildman–Crippen LogP) is 3.35. The van der Waals surface area contributed by atoms with Gasteiger partial charge < -0.3 is 9.88 Å². The van der Waals surface area contributed by atoms with E-state index in [1.807, 2.05) is 28.3 Å². The second-order valence-electron chi connectivity index (χ2n) is 5.52. The van der Waals surface area contributed by atoms with Crippen molar-refractivity contribution in [2.45, 2.75) is 6.54 Å². The van der Waals surface area contributed by atoms with Crippen molar-refractivity contribution in [3.8, 4) is 0 Å². The molecule has 2 aromatic carbocycles. The average Bonchev–Trinajstić information content (AvgIpc) is 3.08. The number of benzene rings is 2. The molecule has 2 amide bonds. The topological polar surface area (TPSA) is 63.5 Å². The van der Waals surface area contributed by atoms with Gasteiger partial charge in [0.25, 0.3) is 11.8 Å². The highest BCUT2D eigenvalue weighted by molar-refractivity contribution is 7.07. The molecular formula is C19H16ClN3O2S. The van der Waals surface area contributed by atoms with Crippen LogP contribution in [0.4, 0.5) is 0 Å². The Morgan fingerprint density at radius 3 is 2.62 bits per heavy atom. The molecular weight excluding hydrogens is 370 g/mol. The summed E-state index contributed by atoms with van der Waals surface area (Å²) in [7, 11) is 1.60.